The lowest BCUT2D eigenvalue weighted by Gasteiger charge is -2.25. The fourth-order valence-electron chi connectivity index (χ4n) is 5.46. The van der Waals surface area contributed by atoms with Crippen molar-refractivity contribution in [1.82, 2.24) is 0 Å². The molecular weight excluding hydrogens is 608 g/mol. The van der Waals surface area contributed by atoms with E-state index in [0.29, 0.717) is 67.7 Å². The van der Waals surface area contributed by atoms with Gasteiger partial charge in [-0.15, -0.1) is 10.2 Å². The van der Waals surface area contributed by atoms with Crippen LogP contribution >= 0.6 is 0 Å². The van der Waals surface area contributed by atoms with Crippen molar-refractivity contribution in [2.75, 3.05) is 0 Å². The molecule has 0 saturated carbocycles. The number of rotatable bonds is 6. The van der Waals surface area contributed by atoms with Crippen LogP contribution in [0.1, 0.15) is 78.0 Å². The van der Waals surface area contributed by atoms with Crippen molar-refractivity contribution < 1.29 is 14.0 Å². The van der Waals surface area contributed by atoms with Crippen LogP contribution in [0.2, 0.25) is 0 Å². The Morgan fingerprint density at radius 1 is 0.510 bits per heavy atom. The molecule has 250 valence electrons. The number of ketones is 2. The Kier molecular flexibility index (Phi) is 9.77. The maximum atomic E-state index is 13.2. The van der Waals surface area contributed by atoms with Crippen LogP contribution in [-0.2, 0) is 9.59 Å². The number of hydrogen-bond acceptors (Lipinski definition) is 7. The molecule has 7 heteroatoms. The predicted molar refractivity (Wildman–Crippen MR) is 197 cm³/mol. The summed E-state index contributed by atoms with van der Waals surface area (Å²) in [5.41, 5.74) is 7.77. The second-order valence-corrected chi connectivity index (χ2v) is 14.8. The third-order valence-corrected chi connectivity index (χ3v) is 8.38. The number of Topliss-reactive ketones (excluding diaryl/α,β-unsaturated/α-hetero) is 2. The third-order valence-electron chi connectivity index (χ3n) is 8.38. The molecule has 3 aromatic rings. The highest BCUT2D eigenvalue weighted by Crippen LogP contribution is 2.39. The molecule has 0 saturated heterocycles. The van der Waals surface area contributed by atoms with Crippen LogP contribution in [0.5, 0.6) is 0 Å². The van der Waals surface area contributed by atoms with Crippen LogP contribution in [-0.4, -0.2) is 11.6 Å². The second-order valence-electron chi connectivity index (χ2n) is 14.8. The van der Waals surface area contributed by atoms with E-state index >= 15 is 0 Å². The number of azo groups is 2. The van der Waals surface area contributed by atoms with E-state index in [-0.39, 0.29) is 22.4 Å². The summed E-state index contributed by atoms with van der Waals surface area (Å²) in [5, 5.41) is 18.6. The predicted octanol–water partition coefficient (Wildman–Crippen LogP) is 11.9. The Morgan fingerprint density at radius 2 is 0.857 bits per heavy atom. The molecule has 2 aliphatic carbocycles. The summed E-state index contributed by atoms with van der Waals surface area (Å²) in [6, 6.07) is 19.2. The van der Waals surface area contributed by atoms with Gasteiger partial charge in [0.15, 0.2) is 23.1 Å². The molecular formula is C42H44N4O3. The molecule has 1 heterocycles. The molecule has 2 aliphatic rings. The molecule has 5 rings (SSSR count). The van der Waals surface area contributed by atoms with Gasteiger partial charge in [0, 0.05) is 22.3 Å². The van der Waals surface area contributed by atoms with E-state index in [1.807, 2.05) is 154 Å². The Bertz CT molecular complexity index is 1910. The van der Waals surface area contributed by atoms with Crippen LogP contribution in [0.3, 0.4) is 0 Å². The van der Waals surface area contributed by atoms with Gasteiger partial charge in [0.2, 0.25) is 0 Å². The number of carbonyl (C=O) groups is 2. The minimum atomic E-state index is -0.390. The molecule has 0 fully saturated rings. The summed E-state index contributed by atoms with van der Waals surface area (Å²) in [6.07, 6.45) is 7.43. The smallest absolute Gasteiger partial charge is 0.185 e. The van der Waals surface area contributed by atoms with E-state index in [4.69, 9.17) is 14.6 Å². The zero-order valence-electron chi connectivity index (χ0n) is 30.1. The molecule has 0 atom stereocenters. The van der Waals surface area contributed by atoms with Crippen LogP contribution < -0.4 is 0 Å². The van der Waals surface area contributed by atoms with Crippen molar-refractivity contribution in [3.63, 3.8) is 0 Å². The number of carbonyl (C=O) groups excluding carboxylic acids is 2. The molecule has 0 unspecified atom stereocenters. The summed E-state index contributed by atoms with van der Waals surface area (Å²) in [4.78, 5) is 26.4. The number of allylic oxidation sites excluding steroid dienone is 10. The van der Waals surface area contributed by atoms with Crippen molar-refractivity contribution >= 4 is 34.3 Å². The molecule has 0 bridgehead atoms. The second kappa shape index (κ2) is 13.7. The van der Waals surface area contributed by atoms with Gasteiger partial charge in [0.1, 0.15) is 11.4 Å². The summed E-state index contributed by atoms with van der Waals surface area (Å²) < 4.78 is 6.59. The molecule has 7 nitrogen and oxygen atoms in total. The van der Waals surface area contributed by atoms with Gasteiger partial charge in [-0.25, -0.2) is 0 Å². The lowest BCUT2D eigenvalue weighted by Crippen LogP contribution is -2.21. The lowest BCUT2D eigenvalue weighted by molar-refractivity contribution is -0.113. The van der Waals surface area contributed by atoms with Gasteiger partial charge in [-0.1, -0.05) is 76.9 Å². The monoisotopic (exact) mass is 652 g/mol. The SMILES string of the molecule is CC1=C/C(=C(\N=N\c2ccc(C)cc2)c2ccc(C(/N=N/c3ccc(C)cc3)=C3/C=C(C)C(=O)C(C(C)(C)C)=C3)o2)C=C(C(C)(C)C)C1=O. The average Bonchev–Trinajstić information content (AvgIpc) is 3.50. The minimum Gasteiger partial charge on any atom is -0.453 e. The topological polar surface area (TPSA) is 96.7 Å². The Hall–Kier alpha value is -5.30. The van der Waals surface area contributed by atoms with Gasteiger partial charge in [0.05, 0.1) is 11.4 Å². The third kappa shape index (κ3) is 8.06. The number of nitrogens with zero attached hydrogens (tertiary/aromatic N) is 4. The first kappa shape index (κ1) is 35.0. The first-order chi connectivity index (χ1) is 23.0. The van der Waals surface area contributed by atoms with Crippen LogP contribution in [0.4, 0.5) is 11.4 Å². The highest BCUT2D eigenvalue weighted by Gasteiger charge is 2.30. The molecule has 49 heavy (non-hydrogen) atoms. The minimum absolute atomic E-state index is 0.00480. The molecule has 0 amide bonds. The highest BCUT2D eigenvalue weighted by atomic mass is 16.3. The van der Waals surface area contributed by atoms with Crippen LogP contribution in [0, 0.1) is 24.7 Å². The van der Waals surface area contributed by atoms with Crippen molar-refractivity contribution in [3.05, 3.63) is 141 Å². The zero-order chi connectivity index (χ0) is 35.7. The normalized spacial score (nSPS) is 18.1. The van der Waals surface area contributed by atoms with E-state index in [1.165, 1.54) is 0 Å². The number of hydrogen-bond donors (Lipinski definition) is 0. The Labute approximate surface area is 289 Å². The molecule has 1 aromatic heterocycles. The van der Waals surface area contributed by atoms with Gasteiger partial charge in [-0.3, -0.25) is 9.59 Å². The largest absolute Gasteiger partial charge is 0.453 e. The lowest BCUT2D eigenvalue weighted by atomic mass is 9.78. The average molecular weight is 653 g/mol. The zero-order valence-corrected chi connectivity index (χ0v) is 30.1. The summed E-state index contributed by atoms with van der Waals surface area (Å²) in [6.45, 7) is 19.8. The fraction of sp³-hybridized carbons (Fsp3) is 0.286. The first-order valence-electron chi connectivity index (χ1n) is 16.5. The Balaban J connectivity index is 1.73. The standard InChI is InChI=1S/C42H44N4O3/c1-25-11-15-31(16-12-25)43-45-37(29-21-27(3)39(47)33(23-29)41(5,6)7)35-19-20-36(49-35)38(46-44-32-17-13-26(2)14-18-32)30-22-28(4)40(48)34(24-30)42(8,9)10/h11-24H,1-10H3/b37-29+,38-30+,45-43+,46-44+. The highest BCUT2D eigenvalue weighted by molar-refractivity contribution is 6.12. The van der Waals surface area contributed by atoms with Gasteiger partial charge in [0.25, 0.3) is 0 Å². The van der Waals surface area contributed by atoms with Gasteiger partial charge < -0.3 is 4.42 Å². The van der Waals surface area contributed by atoms with E-state index in [0.717, 1.165) is 11.1 Å². The molecule has 0 spiro atoms. The van der Waals surface area contributed by atoms with Gasteiger partial charge in [-0.05, 0) is 110 Å². The fourth-order valence-corrected chi connectivity index (χ4v) is 5.46. The summed E-state index contributed by atoms with van der Waals surface area (Å²) in [5.74, 6) is 0.899. The van der Waals surface area contributed by atoms with Crippen LogP contribution in [0.25, 0.3) is 11.4 Å². The number of furan rings is 1. The quantitative estimate of drug-likeness (QED) is 0.248. The molecule has 0 radical (unpaired) electrons. The molecule has 0 N–H and O–H groups in total. The van der Waals surface area contributed by atoms with Crippen molar-refractivity contribution in [3.8, 4) is 0 Å². The van der Waals surface area contributed by atoms with E-state index in [1.54, 1.807) is 0 Å². The Morgan fingerprint density at radius 3 is 1.18 bits per heavy atom. The van der Waals surface area contributed by atoms with Gasteiger partial charge >= 0.3 is 0 Å². The summed E-state index contributed by atoms with van der Waals surface area (Å²) >= 11 is 0. The first-order valence-corrected chi connectivity index (χ1v) is 16.5. The van der Waals surface area contributed by atoms with Crippen molar-refractivity contribution in [1.29, 1.82) is 0 Å². The van der Waals surface area contributed by atoms with Crippen LogP contribution in [0.15, 0.2) is 143 Å². The van der Waals surface area contributed by atoms with Crippen molar-refractivity contribution in [2.45, 2.75) is 69.2 Å². The maximum Gasteiger partial charge on any atom is 0.185 e. The number of aryl methyl sites for hydroxylation is 2. The van der Waals surface area contributed by atoms with E-state index in [9.17, 15) is 9.59 Å². The molecule has 2 aromatic carbocycles. The van der Waals surface area contributed by atoms with Gasteiger partial charge in [-0.2, -0.15) is 10.2 Å². The summed E-state index contributed by atoms with van der Waals surface area (Å²) in [7, 11) is 0. The van der Waals surface area contributed by atoms with Crippen molar-refractivity contribution in [2.24, 2.45) is 31.3 Å². The molecule has 0 aliphatic heterocycles. The number of benzene rings is 2. The van der Waals surface area contributed by atoms with E-state index < -0.39 is 0 Å². The van der Waals surface area contributed by atoms with E-state index in [2.05, 4.69) is 10.2 Å². The maximum absolute atomic E-state index is 13.2.